The van der Waals surface area contributed by atoms with Gasteiger partial charge in [0.25, 0.3) is 0 Å². The molecule has 4 atom stereocenters. The van der Waals surface area contributed by atoms with Gasteiger partial charge in [-0.1, -0.05) is 20.8 Å². The van der Waals surface area contributed by atoms with Crippen molar-refractivity contribution in [1.82, 2.24) is 0 Å². The van der Waals surface area contributed by atoms with Crippen molar-refractivity contribution in [2.45, 2.75) is 76.1 Å². The molecule has 1 N–H and O–H groups in total. The lowest BCUT2D eigenvalue weighted by molar-refractivity contribution is -0.149. The maximum atomic E-state index is 11.4. The molecule has 8 heteroatoms. The van der Waals surface area contributed by atoms with Crippen LogP contribution in [0.4, 0.5) is 0 Å². The third kappa shape index (κ3) is 5.41. The number of hydrogen-bond acceptors (Lipinski definition) is 6. The van der Waals surface area contributed by atoms with E-state index in [4.69, 9.17) is 13.9 Å². The van der Waals surface area contributed by atoms with E-state index in [0.717, 1.165) is 0 Å². The van der Waals surface area contributed by atoms with Crippen molar-refractivity contribution in [1.29, 1.82) is 0 Å². The molecule has 132 valence electrons. The van der Waals surface area contributed by atoms with Crippen LogP contribution in [0.1, 0.15) is 33.6 Å². The summed E-state index contributed by atoms with van der Waals surface area (Å²) < 4.78 is 17.0. The molecule has 1 fully saturated rings. The molecule has 1 aliphatic heterocycles. The molecule has 1 saturated heterocycles. The molecular weight excluding hydrogens is 315 g/mol. The summed E-state index contributed by atoms with van der Waals surface area (Å²) in [5.74, 6) is -0.464. The number of rotatable bonds is 7. The fraction of sp³-hybridized carbons (Fsp3) is 0.867. The summed E-state index contributed by atoms with van der Waals surface area (Å²) in [5, 5.41) is 10.5. The van der Waals surface area contributed by atoms with Crippen LogP contribution in [0, 0.1) is 0 Å². The van der Waals surface area contributed by atoms with E-state index < -0.39 is 32.6 Å². The number of aliphatic hydroxyl groups excluding tert-OH is 1. The molecule has 1 aliphatic rings. The molecule has 1 rings (SSSR count). The molecule has 0 aromatic carbocycles. The van der Waals surface area contributed by atoms with E-state index in [1.54, 1.807) is 0 Å². The van der Waals surface area contributed by atoms with Gasteiger partial charge >= 0.3 is 5.97 Å². The lowest BCUT2D eigenvalue weighted by atomic mass is 9.93. The Balaban J connectivity index is 2.59. The second kappa shape index (κ2) is 7.92. The lowest BCUT2D eigenvalue weighted by Gasteiger charge is -2.39. The highest BCUT2D eigenvalue weighted by molar-refractivity contribution is 6.74. The normalized spacial score (nSPS) is 28.6. The van der Waals surface area contributed by atoms with Gasteiger partial charge in [-0.05, 0) is 18.1 Å². The summed E-state index contributed by atoms with van der Waals surface area (Å²) in [6.45, 7) is 10.6. The minimum Gasteiger partial charge on any atom is -0.463 e. The molecule has 23 heavy (non-hydrogen) atoms. The quantitative estimate of drug-likeness (QED) is 0.414. The van der Waals surface area contributed by atoms with Crippen LogP contribution in [-0.4, -0.2) is 64.4 Å². The minimum absolute atomic E-state index is 0.0272. The van der Waals surface area contributed by atoms with E-state index in [-0.39, 0.29) is 30.5 Å². The zero-order valence-corrected chi connectivity index (χ0v) is 16.0. The number of ether oxygens (including phenoxy) is 2. The van der Waals surface area contributed by atoms with Crippen molar-refractivity contribution in [2.24, 2.45) is 0 Å². The van der Waals surface area contributed by atoms with Gasteiger partial charge in [-0.25, -0.2) is 0 Å². The number of aliphatic hydroxyl groups is 1. The Morgan fingerprint density at radius 3 is 2.52 bits per heavy atom. The maximum Gasteiger partial charge on any atom is 0.306 e. The second-order valence-electron chi connectivity index (χ2n) is 7.60. The van der Waals surface area contributed by atoms with Crippen LogP contribution in [0.3, 0.4) is 0 Å². The molecule has 6 nitrogen and oxygen atoms in total. The molecule has 0 aromatic heterocycles. The molecule has 0 bridgehead atoms. The SMILES string of the molecule is B[C@@H]1O[C@H](COC(=O)CCC=O)C(O)[C@@H]1O[Si](C)(C)C(C)(C)C. The fourth-order valence-corrected chi connectivity index (χ4v) is 3.53. The van der Waals surface area contributed by atoms with Gasteiger partial charge in [0.15, 0.2) is 8.32 Å². The first-order valence-electron chi connectivity index (χ1n) is 8.10. The topological polar surface area (TPSA) is 82.1 Å². The summed E-state index contributed by atoms with van der Waals surface area (Å²) in [6, 6.07) is -0.266. The predicted octanol–water partition coefficient (Wildman–Crippen LogP) is 0.618. The summed E-state index contributed by atoms with van der Waals surface area (Å²) in [7, 11) is -0.176. The number of esters is 1. The van der Waals surface area contributed by atoms with E-state index in [2.05, 4.69) is 33.9 Å². The van der Waals surface area contributed by atoms with Crippen molar-refractivity contribution < 1.29 is 28.6 Å². The third-order valence-corrected chi connectivity index (χ3v) is 9.16. The van der Waals surface area contributed by atoms with Gasteiger partial charge in [0.2, 0.25) is 0 Å². The molecule has 0 aliphatic carbocycles. The first-order valence-corrected chi connectivity index (χ1v) is 11.0. The average molecular weight is 344 g/mol. The second-order valence-corrected chi connectivity index (χ2v) is 12.4. The summed E-state index contributed by atoms with van der Waals surface area (Å²) in [6.07, 6.45) is -0.994. The number of aldehydes is 1. The largest absolute Gasteiger partial charge is 0.463 e. The smallest absolute Gasteiger partial charge is 0.306 e. The van der Waals surface area contributed by atoms with Gasteiger partial charge in [-0.15, -0.1) is 0 Å². The van der Waals surface area contributed by atoms with Crippen molar-refractivity contribution in [3.63, 3.8) is 0 Å². The molecule has 0 amide bonds. The van der Waals surface area contributed by atoms with Crippen LogP contribution in [0.2, 0.25) is 18.1 Å². The predicted molar refractivity (Wildman–Crippen MR) is 91.5 cm³/mol. The Bertz CT molecular complexity index is 423. The molecule has 0 saturated carbocycles. The van der Waals surface area contributed by atoms with Gasteiger partial charge in [-0.3, -0.25) is 4.79 Å². The molecule has 0 aromatic rings. The van der Waals surface area contributed by atoms with E-state index in [1.165, 1.54) is 0 Å². The Kier molecular flexibility index (Phi) is 7.00. The Labute approximate surface area is 140 Å². The van der Waals surface area contributed by atoms with Crippen LogP contribution in [0.25, 0.3) is 0 Å². The molecule has 1 unspecified atom stereocenters. The van der Waals surface area contributed by atoms with Gasteiger partial charge in [-0.2, -0.15) is 0 Å². The van der Waals surface area contributed by atoms with E-state index >= 15 is 0 Å². The highest BCUT2D eigenvalue weighted by Crippen LogP contribution is 2.39. The lowest BCUT2D eigenvalue weighted by Crippen LogP contribution is -2.49. The molecule has 0 spiro atoms. The summed E-state index contributed by atoms with van der Waals surface area (Å²) in [5.41, 5.74) is 0. The van der Waals surface area contributed by atoms with Crippen LogP contribution in [0.15, 0.2) is 0 Å². The first kappa shape index (κ1) is 20.3. The highest BCUT2D eigenvalue weighted by Gasteiger charge is 2.48. The zero-order valence-electron chi connectivity index (χ0n) is 15.0. The van der Waals surface area contributed by atoms with Gasteiger partial charge in [0.05, 0.1) is 18.5 Å². The summed E-state index contributed by atoms with van der Waals surface area (Å²) in [4.78, 5) is 21.7. The average Bonchev–Trinajstić information content (AvgIpc) is 2.69. The monoisotopic (exact) mass is 344 g/mol. The Hall–Kier alpha value is -0.698. The van der Waals surface area contributed by atoms with E-state index in [0.29, 0.717) is 6.29 Å². The zero-order chi connectivity index (χ0) is 17.8. The molecule has 0 radical (unpaired) electrons. The third-order valence-electron chi connectivity index (χ3n) is 4.68. The Morgan fingerprint density at radius 2 is 2.00 bits per heavy atom. The van der Waals surface area contributed by atoms with Crippen molar-refractivity contribution in [3.8, 4) is 0 Å². The van der Waals surface area contributed by atoms with Crippen molar-refractivity contribution in [3.05, 3.63) is 0 Å². The van der Waals surface area contributed by atoms with E-state index in [9.17, 15) is 14.7 Å². The van der Waals surface area contributed by atoms with Crippen molar-refractivity contribution >= 4 is 28.4 Å². The first-order chi connectivity index (χ1) is 10.5. The maximum absolute atomic E-state index is 11.4. The van der Waals surface area contributed by atoms with Crippen molar-refractivity contribution in [2.75, 3.05) is 6.61 Å². The molecular formula is C15H29BO6Si. The summed E-state index contributed by atoms with van der Waals surface area (Å²) >= 11 is 0. The van der Waals surface area contributed by atoms with E-state index in [1.807, 2.05) is 7.85 Å². The van der Waals surface area contributed by atoms with Gasteiger partial charge in [0, 0.05) is 6.42 Å². The fourth-order valence-electron chi connectivity index (χ4n) is 2.17. The number of carbonyl (C=O) groups excluding carboxylic acids is 2. The number of carbonyl (C=O) groups is 2. The Morgan fingerprint density at radius 1 is 1.39 bits per heavy atom. The van der Waals surface area contributed by atoms with Gasteiger partial charge in [0.1, 0.15) is 32.9 Å². The van der Waals surface area contributed by atoms with Gasteiger partial charge < -0.3 is 23.8 Å². The minimum atomic E-state index is -2.03. The van der Waals surface area contributed by atoms with Crippen LogP contribution < -0.4 is 0 Å². The van der Waals surface area contributed by atoms with Crippen LogP contribution in [0.5, 0.6) is 0 Å². The highest BCUT2D eigenvalue weighted by atomic mass is 28.4. The number of hydrogen-bond donors (Lipinski definition) is 1. The standard InChI is InChI=1S/C15H29BO6Si/c1-15(2,3)23(4,5)22-13-12(19)10(21-14(13)16)9-20-11(18)7-6-8-17/h8,10,12-14,19H,6-7,9,16H2,1-5H3/t10-,12?,13+,14-/m1/s1. The van der Waals surface area contributed by atoms with Crippen LogP contribution in [-0.2, 0) is 23.5 Å². The molecule has 1 heterocycles. The van der Waals surface area contributed by atoms with Crippen LogP contribution >= 0.6 is 0 Å².